The van der Waals surface area contributed by atoms with Gasteiger partial charge in [-0.2, -0.15) is 0 Å². The summed E-state index contributed by atoms with van der Waals surface area (Å²) in [5, 5.41) is 11.9. The second kappa shape index (κ2) is 6.89. The minimum Gasteiger partial charge on any atom is -0.480 e. The fourth-order valence-corrected chi connectivity index (χ4v) is 3.03. The molecule has 2 N–H and O–H groups in total. The van der Waals surface area contributed by atoms with Gasteiger partial charge in [0.2, 0.25) is 5.91 Å². The number of carboxylic acid groups (broad SMARTS) is 1. The first-order valence-corrected chi connectivity index (χ1v) is 7.31. The fraction of sp³-hybridized carbons (Fsp3) is 0.857. The van der Waals surface area contributed by atoms with E-state index in [1.165, 1.54) is 19.3 Å². The van der Waals surface area contributed by atoms with Crippen molar-refractivity contribution in [1.29, 1.82) is 0 Å². The van der Waals surface area contributed by atoms with E-state index in [-0.39, 0.29) is 5.91 Å². The predicted molar refractivity (Wildman–Crippen MR) is 69.7 cm³/mol. The maximum atomic E-state index is 11.9. The van der Waals surface area contributed by atoms with E-state index in [1.54, 1.807) is 0 Å². The molecule has 1 saturated heterocycles. The van der Waals surface area contributed by atoms with Gasteiger partial charge in [-0.25, -0.2) is 4.79 Å². The van der Waals surface area contributed by atoms with E-state index >= 15 is 0 Å². The van der Waals surface area contributed by atoms with E-state index in [4.69, 9.17) is 4.74 Å². The first-order chi connectivity index (χ1) is 9.16. The summed E-state index contributed by atoms with van der Waals surface area (Å²) >= 11 is 0. The number of carboxylic acids is 1. The normalized spacial score (nSPS) is 26.0. The molecule has 1 aliphatic carbocycles. The largest absolute Gasteiger partial charge is 0.480 e. The van der Waals surface area contributed by atoms with Crippen molar-refractivity contribution in [3.63, 3.8) is 0 Å². The van der Waals surface area contributed by atoms with E-state index in [9.17, 15) is 14.7 Å². The second-order valence-corrected chi connectivity index (χ2v) is 5.64. The molecule has 1 heterocycles. The monoisotopic (exact) mass is 269 g/mol. The zero-order chi connectivity index (χ0) is 13.7. The van der Waals surface area contributed by atoms with Crippen molar-refractivity contribution < 1.29 is 19.4 Å². The summed E-state index contributed by atoms with van der Waals surface area (Å²) in [5.74, 6) is -0.766. The van der Waals surface area contributed by atoms with Crippen molar-refractivity contribution in [2.45, 2.75) is 63.5 Å². The maximum absolute atomic E-state index is 11.9. The van der Waals surface area contributed by atoms with Gasteiger partial charge in [0.25, 0.3) is 0 Å². The van der Waals surface area contributed by atoms with Crippen molar-refractivity contribution in [2.24, 2.45) is 5.92 Å². The molecular weight excluding hydrogens is 246 g/mol. The average Bonchev–Trinajstić information content (AvgIpc) is 2.93. The van der Waals surface area contributed by atoms with Crippen molar-refractivity contribution >= 4 is 11.9 Å². The molecule has 2 fully saturated rings. The molecular formula is C14H23NO4. The Kier molecular flexibility index (Phi) is 5.19. The van der Waals surface area contributed by atoms with Crippen LogP contribution in [0, 0.1) is 5.92 Å². The summed E-state index contributed by atoms with van der Waals surface area (Å²) in [6.45, 7) is 0.596. The van der Waals surface area contributed by atoms with Crippen molar-refractivity contribution in [2.75, 3.05) is 6.61 Å². The Labute approximate surface area is 113 Å². The summed E-state index contributed by atoms with van der Waals surface area (Å²) in [5.41, 5.74) is 0. The number of hydrogen-bond acceptors (Lipinski definition) is 3. The Morgan fingerprint density at radius 3 is 2.47 bits per heavy atom. The quantitative estimate of drug-likeness (QED) is 0.796. The first-order valence-electron chi connectivity index (χ1n) is 7.31. The molecule has 0 unspecified atom stereocenters. The Hall–Kier alpha value is -1.10. The highest BCUT2D eigenvalue weighted by Gasteiger charge is 2.30. The Balaban J connectivity index is 1.84. The predicted octanol–water partition coefficient (Wildman–Crippen LogP) is 1.71. The lowest BCUT2D eigenvalue weighted by molar-refractivity contribution is -0.144. The van der Waals surface area contributed by atoms with Crippen LogP contribution < -0.4 is 5.32 Å². The van der Waals surface area contributed by atoms with Gasteiger partial charge in [0, 0.05) is 6.61 Å². The number of carbonyl (C=O) groups excluding carboxylic acids is 1. The number of carbonyl (C=O) groups is 2. The zero-order valence-corrected chi connectivity index (χ0v) is 11.3. The lowest BCUT2D eigenvalue weighted by Gasteiger charge is -2.25. The number of hydrogen-bond donors (Lipinski definition) is 2. The molecule has 2 rings (SSSR count). The van der Waals surface area contributed by atoms with Crippen molar-refractivity contribution in [1.82, 2.24) is 5.32 Å². The highest BCUT2D eigenvalue weighted by atomic mass is 16.5. The summed E-state index contributed by atoms with van der Waals surface area (Å²) in [4.78, 5) is 23.2. The van der Waals surface area contributed by atoms with E-state index in [0.29, 0.717) is 25.4 Å². The molecule has 1 saturated carbocycles. The third kappa shape index (κ3) is 4.20. The molecule has 5 nitrogen and oxygen atoms in total. The number of amides is 1. The summed E-state index contributed by atoms with van der Waals surface area (Å²) < 4.78 is 5.28. The molecule has 5 heteroatoms. The molecule has 1 aliphatic heterocycles. The Morgan fingerprint density at radius 1 is 1.16 bits per heavy atom. The topological polar surface area (TPSA) is 75.6 Å². The van der Waals surface area contributed by atoms with Crippen LogP contribution in [0.2, 0.25) is 0 Å². The van der Waals surface area contributed by atoms with Crippen LogP contribution in [-0.2, 0) is 14.3 Å². The van der Waals surface area contributed by atoms with Crippen LogP contribution in [0.1, 0.15) is 51.4 Å². The SMILES string of the molecule is O=C(O)[C@@H](CC1CCCCC1)NC(=O)[C@H]1CCCO1. The zero-order valence-electron chi connectivity index (χ0n) is 11.3. The Bertz CT molecular complexity index is 319. The smallest absolute Gasteiger partial charge is 0.326 e. The van der Waals surface area contributed by atoms with Gasteiger partial charge in [0.1, 0.15) is 12.1 Å². The minimum absolute atomic E-state index is 0.263. The van der Waals surface area contributed by atoms with Gasteiger partial charge < -0.3 is 15.2 Å². The molecule has 0 aromatic carbocycles. The molecule has 2 atom stereocenters. The fourth-order valence-electron chi connectivity index (χ4n) is 3.03. The van der Waals surface area contributed by atoms with E-state index in [0.717, 1.165) is 19.3 Å². The lowest BCUT2D eigenvalue weighted by Crippen LogP contribution is -2.46. The van der Waals surface area contributed by atoms with Gasteiger partial charge in [0.05, 0.1) is 0 Å². The van der Waals surface area contributed by atoms with Crippen LogP contribution in [0.3, 0.4) is 0 Å². The molecule has 1 amide bonds. The van der Waals surface area contributed by atoms with Gasteiger partial charge in [-0.15, -0.1) is 0 Å². The molecule has 0 spiro atoms. The van der Waals surface area contributed by atoms with Crippen LogP contribution in [0.5, 0.6) is 0 Å². The van der Waals surface area contributed by atoms with Crippen LogP contribution in [-0.4, -0.2) is 35.7 Å². The standard InChI is InChI=1S/C14H23NO4/c16-13(12-7-4-8-19-12)15-11(14(17)18)9-10-5-2-1-3-6-10/h10-12H,1-9H2,(H,15,16)(H,17,18)/t11-,12-/m1/s1. The molecule has 0 radical (unpaired) electrons. The van der Waals surface area contributed by atoms with Crippen LogP contribution in [0.25, 0.3) is 0 Å². The average molecular weight is 269 g/mol. The molecule has 108 valence electrons. The van der Waals surface area contributed by atoms with E-state index in [1.807, 2.05) is 0 Å². The number of aliphatic carboxylic acids is 1. The summed E-state index contributed by atoms with van der Waals surface area (Å²) in [6.07, 6.45) is 7.44. The third-order valence-electron chi connectivity index (χ3n) is 4.13. The number of rotatable bonds is 5. The van der Waals surface area contributed by atoms with Gasteiger partial charge in [-0.1, -0.05) is 32.1 Å². The van der Waals surface area contributed by atoms with E-state index in [2.05, 4.69) is 5.32 Å². The third-order valence-corrected chi connectivity index (χ3v) is 4.13. The van der Waals surface area contributed by atoms with Crippen molar-refractivity contribution in [3.05, 3.63) is 0 Å². The van der Waals surface area contributed by atoms with Gasteiger partial charge in [0.15, 0.2) is 0 Å². The minimum atomic E-state index is -0.933. The van der Waals surface area contributed by atoms with Gasteiger partial charge >= 0.3 is 5.97 Å². The Morgan fingerprint density at radius 2 is 1.89 bits per heavy atom. The van der Waals surface area contributed by atoms with Crippen molar-refractivity contribution in [3.8, 4) is 0 Å². The highest BCUT2D eigenvalue weighted by Crippen LogP contribution is 2.27. The van der Waals surface area contributed by atoms with Crippen LogP contribution in [0.4, 0.5) is 0 Å². The first kappa shape index (κ1) is 14.3. The number of nitrogens with one attached hydrogen (secondary N) is 1. The van der Waals surface area contributed by atoms with E-state index < -0.39 is 18.1 Å². The maximum Gasteiger partial charge on any atom is 0.326 e. The summed E-state index contributed by atoms with van der Waals surface area (Å²) in [7, 11) is 0. The summed E-state index contributed by atoms with van der Waals surface area (Å²) in [6, 6.07) is -0.764. The highest BCUT2D eigenvalue weighted by molar-refractivity contribution is 5.86. The molecule has 2 aliphatic rings. The van der Waals surface area contributed by atoms with Gasteiger partial charge in [-0.05, 0) is 25.2 Å². The van der Waals surface area contributed by atoms with Crippen LogP contribution in [0.15, 0.2) is 0 Å². The molecule has 0 aromatic rings. The van der Waals surface area contributed by atoms with Crippen LogP contribution >= 0.6 is 0 Å². The molecule has 0 bridgehead atoms. The second-order valence-electron chi connectivity index (χ2n) is 5.64. The van der Waals surface area contributed by atoms with Gasteiger partial charge in [-0.3, -0.25) is 4.79 Å². The number of ether oxygens (including phenoxy) is 1. The molecule has 0 aromatic heterocycles. The lowest BCUT2D eigenvalue weighted by atomic mass is 9.85. The molecule has 19 heavy (non-hydrogen) atoms.